The summed E-state index contributed by atoms with van der Waals surface area (Å²) in [6.07, 6.45) is 0.597. The molecule has 108 valence electrons. The highest BCUT2D eigenvalue weighted by Gasteiger charge is 2.33. The first kappa shape index (κ1) is 14.2. The van der Waals surface area contributed by atoms with Gasteiger partial charge in [-0.1, -0.05) is 12.1 Å². The monoisotopic (exact) mass is 351 g/mol. The van der Waals surface area contributed by atoms with Gasteiger partial charge < -0.3 is 4.90 Å². The van der Waals surface area contributed by atoms with Gasteiger partial charge in [-0.25, -0.2) is 8.78 Å². The lowest BCUT2D eigenvalue weighted by atomic mass is 9.98. The predicted octanol–water partition coefficient (Wildman–Crippen LogP) is 4.25. The van der Waals surface area contributed by atoms with Crippen molar-refractivity contribution in [1.29, 1.82) is 0 Å². The Morgan fingerprint density at radius 1 is 1.14 bits per heavy atom. The second-order valence-corrected chi connectivity index (χ2v) is 5.84. The Balaban J connectivity index is 1.88. The van der Waals surface area contributed by atoms with E-state index in [1.807, 2.05) is 0 Å². The van der Waals surface area contributed by atoms with Gasteiger partial charge in [0.05, 0.1) is 10.4 Å². The average Bonchev–Trinajstić information content (AvgIpc) is 2.84. The molecule has 1 amide bonds. The minimum absolute atomic E-state index is 0.123. The third-order valence-electron chi connectivity index (χ3n) is 3.67. The standard InChI is InChI=1S/C16H12BrF2NO/c17-14-5-4-12(9-15(14)19)20-7-6-13(16(20)21)10-2-1-3-11(18)8-10/h1-5,8-9,13H,6-7H2. The van der Waals surface area contributed by atoms with Crippen molar-refractivity contribution in [3.05, 3.63) is 64.1 Å². The van der Waals surface area contributed by atoms with Gasteiger partial charge in [-0.15, -0.1) is 0 Å². The van der Waals surface area contributed by atoms with Gasteiger partial charge in [-0.05, 0) is 58.2 Å². The largest absolute Gasteiger partial charge is 0.312 e. The summed E-state index contributed by atoms with van der Waals surface area (Å²) in [7, 11) is 0. The van der Waals surface area contributed by atoms with E-state index in [0.717, 1.165) is 0 Å². The molecule has 1 aliphatic rings. The summed E-state index contributed by atoms with van der Waals surface area (Å²) in [5.74, 6) is -1.25. The molecule has 1 atom stereocenters. The average molecular weight is 352 g/mol. The van der Waals surface area contributed by atoms with Crippen molar-refractivity contribution in [2.24, 2.45) is 0 Å². The van der Waals surface area contributed by atoms with Crippen LogP contribution in [-0.4, -0.2) is 12.5 Å². The highest BCUT2D eigenvalue weighted by molar-refractivity contribution is 9.10. The number of benzene rings is 2. The predicted molar refractivity (Wildman–Crippen MR) is 80.2 cm³/mol. The van der Waals surface area contributed by atoms with Crippen LogP contribution in [0.4, 0.5) is 14.5 Å². The van der Waals surface area contributed by atoms with Crippen LogP contribution in [0.2, 0.25) is 0 Å². The normalized spacial score (nSPS) is 18.3. The molecule has 2 nitrogen and oxygen atoms in total. The first-order valence-corrected chi connectivity index (χ1v) is 7.37. The Hall–Kier alpha value is -1.75. The van der Waals surface area contributed by atoms with Crippen LogP contribution in [0, 0.1) is 11.6 Å². The fourth-order valence-electron chi connectivity index (χ4n) is 2.62. The van der Waals surface area contributed by atoms with E-state index in [0.29, 0.717) is 28.7 Å². The molecule has 0 saturated carbocycles. The number of hydrogen-bond donors (Lipinski definition) is 0. The van der Waals surface area contributed by atoms with Crippen molar-refractivity contribution in [3.63, 3.8) is 0 Å². The Morgan fingerprint density at radius 3 is 2.67 bits per heavy atom. The van der Waals surface area contributed by atoms with Crippen LogP contribution in [0.1, 0.15) is 17.9 Å². The van der Waals surface area contributed by atoms with Crippen LogP contribution in [0.5, 0.6) is 0 Å². The Bertz CT molecular complexity index is 704. The number of carbonyl (C=O) groups excluding carboxylic acids is 1. The smallest absolute Gasteiger partial charge is 0.234 e. The molecule has 0 bridgehead atoms. The summed E-state index contributed by atoms with van der Waals surface area (Å²) < 4.78 is 27.2. The number of amides is 1. The van der Waals surface area contributed by atoms with Crippen LogP contribution >= 0.6 is 15.9 Å². The number of carbonyl (C=O) groups is 1. The minimum atomic E-state index is -0.408. The molecule has 3 rings (SSSR count). The van der Waals surface area contributed by atoms with Crippen LogP contribution in [-0.2, 0) is 4.79 Å². The highest BCUT2D eigenvalue weighted by atomic mass is 79.9. The lowest BCUT2D eigenvalue weighted by Gasteiger charge is -2.17. The van der Waals surface area contributed by atoms with E-state index in [2.05, 4.69) is 15.9 Å². The van der Waals surface area contributed by atoms with E-state index in [4.69, 9.17) is 0 Å². The number of halogens is 3. The van der Waals surface area contributed by atoms with E-state index in [1.165, 1.54) is 18.2 Å². The fourth-order valence-corrected chi connectivity index (χ4v) is 2.87. The number of anilines is 1. The zero-order chi connectivity index (χ0) is 15.0. The first-order chi connectivity index (χ1) is 10.1. The summed E-state index contributed by atoms with van der Waals surface area (Å²) in [4.78, 5) is 14.0. The van der Waals surface area contributed by atoms with Gasteiger partial charge in [0.2, 0.25) is 5.91 Å². The summed E-state index contributed by atoms with van der Waals surface area (Å²) in [6, 6.07) is 10.7. The fraction of sp³-hybridized carbons (Fsp3) is 0.188. The molecule has 5 heteroatoms. The van der Waals surface area contributed by atoms with E-state index in [1.54, 1.807) is 29.2 Å². The first-order valence-electron chi connectivity index (χ1n) is 6.58. The summed E-state index contributed by atoms with van der Waals surface area (Å²) in [5, 5.41) is 0. The van der Waals surface area contributed by atoms with E-state index in [-0.39, 0.29) is 17.6 Å². The second kappa shape index (κ2) is 5.56. The molecule has 1 saturated heterocycles. The van der Waals surface area contributed by atoms with Gasteiger partial charge in [0, 0.05) is 12.2 Å². The van der Waals surface area contributed by atoms with Crippen molar-refractivity contribution in [3.8, 4) is 0 Å². The quantitative estimate of drug-likeness (QED) is 0.792. The third kappa shape index (κ3) is 2.70. The zero-order valence-electron chi connectivity index (χ0n) is 11.0. The maximum atomic E-state index is 13.6. The second-order valence-electron chi connectivity index (χ2n) is 4.98. The van der Waals surface area contributed by atoms with Gasteiger partial charge in [0.25, 0.3) is 0 Å². The molecule has 1 heterocycles. The molecule has 2 aromatic rings. The molecule has 21 heavy (non-hydrogen) atoms. The number of hydrogen-bond acceptors (Lipinski definition) is 1. The summed E-state index contributed by atoms with van der Waals surface area (Å²) in [6.45, 7) is 0.501. The molecule has 1 aliphatic heterocycles. The highest BCUT2D eigenvalue weighted by Crippen LogP contribution is 2.33. The maximum Gasteiger partial charge on any atom is 0.234 e. The number of nitrogens with zero attached hydrogens (tertiary/aromatic N) is 1. The minimum Gasteiger partial charge on any atom is -0.312 e. The van der Waals surface area contributed by atoms with Crippen molar-refractivity contribution in [1.82, 2.24) is 0 Å². The SMILES string of the molecule is O=C1C(c2cccc(F)c2)CCN1c1ccc(Br)c(F)c1. The van der Waals surface area contributed by atoms with Crippen LogP contribution in [0.25, 0.3) is 0 Å². The molecule has 0 radical (unpaired) electrons. The molecule has 0 spiro atoms. The Kier molecular flexibility index (Phi) is 3.76. The lowest BCUT2D eigenvalue weighted by molar-refractivity contribution is -0.118. The van der Waals surface area contributed by atoms with Crippen LogP contribution in [0.3, 0.4) is 0 Å². The van der Waals surface area contributed by atoms with Gasteiger partial charge in [0.15, 0.2) is 0 Å². The number of rotatable bonds is 2. The van der Waals surface area contributed by atoms with Crippen LogP contribution < -0.4 is 4.90 Å². The van der Waals surface area contributed by atoms with Gasteiger partial charge in [-0.3, -0.25) is 4.79 Å². The maximum absolute atomic E-state index is 13.6. The third-order valence-corrected chi connectivity index (χ3v) is 4.31. The molecule has 1 unspecified atom stereocenters. The molecule has 1 fully saturated rings. The topological polar surface area (TPSA) is 20.3 Å². The molecular formula is C16H12BrF2NO. The molecule has 0 aliphatic carbocycles. The Labute approximate surface area is 129 Å². The van der Waals surface area contributed by atoms with Crippen molar-refractivity contribution in [2.45, 2.75) is 12.3 Å². The zero-order valence-corrected chi connectivity index (χ0v) is 12.6. The Morgan fingerprint density at radius 2 is 1.95 bits per heavy atom. The van der Waals surface area contributed by atoms with E-state index >= 15 is 0 Å². The molecule has 0 aromatic heterocycles. The molecular weight excluding hydrogens is 340 g/mol. The molecule has 2 aromatic carbocycles. The molecule has 0 N–H and O–H groups in total. The van der Waals surface area contributed by atoms with Crippen molar-refractivity contribution < 1.29 is 13.6 Å². The summed E-state index contributed by atoms with van der Waals surface area (Å²) in [5.41, 5.74) is 1.19. The van der Waals surface area contributed by atoms with Gasteiger partial charge in [0.1, 0.15) is 11.6 Å². The van der Waals surface area contributed by atoms with E-state index in [9.17, 15) is 13.6 Å². The van der Waals surface area contributed by atoms with Crippen LogP contribution in [0.15, 0.2) is 46.9 Å². The van der Waals surface area contributed by atoms with Crippen molar-refractivity contribution in [2.75, 3.05) is 11.4 Å². The van der Waals surface area contributed by atoms with Gasteiger partial charge in [-0.2, -0.15) is 0 Å². The van der Waals surface area contributed by atoms with E-state index < -0.39 is 5.82 Å². The van der Waals surface area contributed by atoms with Crippen molar-refractivity contribution >= 4 is 27.5 Å². The lowest BCUT2D eigenvalue weighted by Crippen LogP contribution is -2.26. The van der Waals surface area contributed by atoms with Gasteiger partial charge >= 0.3 is 0 Å². The summed E-state index contributed by atoms with van der Waals surface area (Å²) >= 11 is 3.09.